The fourth-order valence-electron chi connectivity index (χ4n) is 2.90. The third-order valence-corrected chi connectivity index (χ3v) is 6.17. The Kier molecular flexibility index (Phi) is 7.16. The van der Waals surface area contributed by atoms with Crippen molar-refractivity contribution >= 4 is 21.7 Å². The maximum Gasteiger partial charge on any atom is 0.338 e. The molecule has 0 unspecified atom stereocenters. The van der Waals surface area contributed by atoms with E-state index < -0.39 is 22.4 Å². The van der Waals surface area contributed by atoms with E-state index in [9.17, 15) is 18.0 Å². The van der Waals surface area contributed by atoms with Gasteiger partial charge in [-0.3, -0.25) is 4.79 Å². The number of aliphatic hydroxyl groups is 1. The number of esters is 1. The molecule has 1 heterocycles. The second-order valence-corrected chi connectivity index (χ2v) is 8.66. The predicted octanol–water partition coefficient (Wildman–Crippen LogP) is 1.15. The molecule has 1 atom stereocenters. The number of ether oxygens (including phenoxy) is 1. The summed E-state index contributed by atoms with van der Waals surface area (Å²) in [7, 11) is -3.10. The Labute approximate surface area is 153 Å². The van der Waals surface area contributed by atoms with E-state index in [1.807, 2.05) is 6.92 Å². The lowest BCUT2D eigenvalue weighted by Crippen LogP contribution is -2.43. The van der Waals surface area contributed by atoms with E-state index >= 15 is 0 Å². The summed E-state index contributed by atoms with van der Waals surface area (Å²) in [5, 5.41) is 9.01. The first-order valence-corrected chi connectivity index (χ1v) is 10.5. The number of hydrogen-bond acceptors (Lipinski definition) is 6. The fraction of sp³-hybridized carbons (Fsp3) is 0.556. The molecule has 1 aromatic rings. The maximum absolute atomic E-state index is 12.5. The van der Waals surface area contributed by atoms with E-state index in [4.69, 9.17) is 9.84 Å². The third-order valence-electron chi connectivity index (χ3n) is 4.42. The summed E-state index contributed by atoms with van der Waals surface area (Å²) >= 11 is 0. The van der Waals surface area contributed by atoms with Crippen LogP contribution in [-0.2, 0) is 26.0 Å². The van der Waals surface area contributed by atoms with Gasteiger partial charge in [0.25, 0.3) is 5.91 Å². The molecular formula is C18H25NO6S. The molecule has 0 bridgehead atoms. The standard InChI is InChI=1S/C18H25NO6S/c1-2-3-9-19(16-8-10-26(23,24)13-16)17(21)12-25-18(22)15-6-4-14(11-20)5-7-15/h4-7,16,20H,2-3,8-13H2,1H3/t16-/m1/s1. The number of amides is 1. The van der Waals surface area contributed by atoms with Gasteiger partial charge in [-0.15, -0.1) is 0 Å². The van der Waals surface area contributed by atoms with E-state index in [-0.39, 0.29) is 30.1 Å². The van der Waals surface area contributed by atoms with E-state index in [2.05, 4.69) is 0 Å². The number of benzene rings is 1. The van der Waals surface area contributed by atoms with Crippen LogP contribution in [0, 0.1) is 0 Å². The molecule has 0 spiro atoms. The normalized spacial score (nSPS) is 18.5. The molecule has 8 heteroatoms. The lowest BCUT2D eigenvalue weighted by molar-refractivity contribution is -0.136. The van der Waals surface area contributed by atoms with Crippen LogP contribution in [0.4, 0.5) is 0 Å². The zero-order valence-corrected chi connectivity index (χ0v) is 15.7. The average Bonchev–Trinajstić information content (AvgIpc) is 2.99. The first kappa shape index (κ1) is 20.4. The molecule has 144 valence electrons. The highest BCUT2D eigenvalue weighted by molar-refractivity contribution is 7.91. The number of sulfone groups is 1. The fourth-order valence-corrected chi connectivity index (χ4v) is 4.63. The minimum Gasteiger partial charge on any atom is -0.452 e. The molecule has 2 rings (SSSR count). The van der Waals surface area contributed by atoms with Gasteiger partial charge in [0, 0.05) is 12.6 Å². The molecule has 26 heavy (non-hydrogen) atoms. The van der Waals surface area contributed by atoms with E-state index in [1.54, 1.807) is 12.1 Å². The van der Waals surface area contributed by atoms with E-state index in [0.29, 0.717) is 24.1 Å². The highest BCUT2D eigenvalue weighted by Crippen LogP contribution is 2.19. The molecular weight excluding hydrogens is 358 g/mol. The smallest absolute Gasteiger partial charge is 0.338 e. The second-order valence-electron chi connectivity index (χ2n) is 6.43. The van der Waals surface area contributed by atoms with Crippen molar-refractivity contribution in [2.24, 2.45) is 0 Å². The SMILES string of the molecule is CCCCN(C(=O)COC(=O)c1ccc(CO)cc1)[C@@H]1CCS(=O)(=O)C1. The van der Waals surface area contributed by atoms with Crippen molar-refractivity contribution < 1.29 is 27.9 Å². The number of nitrogens with zero attached hydrogens (tertiary/aromatic N) is 1. The number of carbonyl (C=O) groups excluding carboxylic acids is 2. The van der Waals surface area contributed by atoms with Gasteiger partial charge in [0.1, 0.15) is 0 Å². The topological polar surface area (TPSA) is 101 Å². The second kappa shape index (κ2) is 9.14. The molecule has 7 nitrogen and oxygen atoms in total. The highest BCUT2D eigenvalue weighted by atomic mass is 32.2. The summed E-state index contributed by atoms with van der Waals surface area (Å²) in [6, 6.07) is 5.92. The molecule has 0 aromatic heterocycles. The Bertz CT molecular complexity index is 729. The molecule has 1 N–H and O–H groups in total. The molecule has 1 aromatic carbocycles. The van der Waals surface area contributed by atoms with Crippen molar-refractivity contribution in [1.29, 1.82) is 0 Å². The van der Waals surface area contributed by atoms with Gasteiger partial charge in [-0.1, -0.05) is 25.5 Å². The molecule has 1 fully saturated rings. The van der Waals surface area contributed by atoms with Crippen LogP contribution in [-0.4, -0.2) is 61.0 Å². The Morgan fingerprint density at radius 1 is 1.27 bits per heavy atom. The van der Waals surface area contributed by atoms with Crippen LogP contribution in [0.25, 0.3) is 0 Å². The van der Waals surface area contributed by atoms with Crippen LogP contribution in [0.5, 0.6) is 0 Å². The number of aliphatic hydroxyl groups excluding tert-OH is 1. The van der Waals surface area contributed by atoms with E-state index in [1.165, 1.54) is 17.0 Å². The van der Waals surface area contributed by atoms with Gasteiger partial charge in [-0.2, -0.15) is 0 Å². The summed E-state index contributed by atoms with van der Waals surface area (Å²) in [5.41, 5.74) is 0.962. The van der Waals surface area contributed by atoms with Gasteiger partial charge >= 0.3 is 5.97 Å². The predicted molar refractivity (Wildman–Crippen MR) is 96.3 cm³/mol. The van der Waals surface area contributed by atoms with Gasteiger partial charge in [0.05, 0.1) is 23.7 Å². The van der Waals surface area contributed by atoms with Crippen molar-refractivity contribution in [1.82, 2.24) is 4.90 Å². The van der Waals surface area contributed by atoms with Crippen LogP contribution in [0.1, 0.15) is 42.1 Å². The van der Waals surface area contributed by atoms with Gasteiger partial charge in [0.15, 0.2) is 16.4 Å². The summed E-state index contributed by atoms with van der Waals surface area (Å²) in [6.45, 7) is 1.91. The molecule has 1 aliphatic heterocycles. The van der Waals surface area contributed by atoms with Crippen molar-refractivity contribution in [2.75, 3.05) is 24.7 Å². The number of unbranched alkanes of at least 4 members (excludes halogenated alkanes) is 1. The quantitative estimate of drug-likeness (QED) is 0.676. The zero-order valence-electron chi connectivity index (χ0n) is 14.9. The molecule has 1 amide bonds. The summed E-state index contributed by atoms with van der Waals surface area (Å²) in [5.74, 6) is -0.943. The first-order chi connectivity index (χ1) is 12.4. The number of rotatable bonds is 8. The summed E-state index contributed by atoms with van der Waals surface area (Å²) in [6.07, 6.45) is 2.06. The Balaban J connectivity index is 1.96. The number of hydrogen-bond donors (Lipinski definition) is 1. The van der Waals surface area contributed by atoms with Gasteiger partial charge < -0.3 is 14.7 Å². The largest absolute Gasteiger partial charge is 0.452 e. The van der Waals surface area contributed by atoms with Gasteiger partial charge in [-0.25, -0.2) is 13.2 Å². The Morgan fingerprint density at radius 2 is 1.96 bits per heavy atom. The lowest BCUT2D eigenvalue weighted by Gasteiger charge is -2.28. The lowest BCUT2D eigenvalue weighted by atomic mass is 10.1. The van der Waals surface area contributed by atoms with Crippen LogP contribution in [0.2, 0.25) is 0 Å². The molecule has 0 radical (unpaired) electrons. The minimum atomic E-state index is -3.10. The third kappa shape index (κ3) is 5.54. The van der Waals surface area contributed by atoms with E-state index in [0.717, 1.165) is 12.8 Å². The summed E-state index contributed by atoms with van der Waals surface area (Å²) < 4.78 is 28.5. The molecule has 0 saturated carbocycles. The van der Waals surface area contributed by atoms with Crippen LogP contribution >= 0.6 is 0 Å². The van der Waals surface area contributed by atoms with Crippen LogP contribution in [0.15, 0.2) is 24.3 Å². The Hall–Kier alpha value is -1.93. The van der Waals surface area contributed by atoms with Gasteiger partial charge in [0.2, 0.25) is 0 Å². The first-order valence-electron chi connectivity index (χ1n) is 8.73. The minimum absolute atomic E-state index is 0.0287. The van der Waals surface area contributed by atoms with Crippen molar-refractivity contribution in [2.45, 2.75) is 38.8 Å². The van der Waals surface area contributed by atoms with Crippen molar-refractivity contribution in [3.8, 4) is 0 Å². The Morgan fingerprint density at radius 3 is 2.50 bits per heavy atom. The zero-order chi connectivity index (χ0) is 19.2. The average molecular weight is 383 g/mol. The maximum atomic E-state index is 12.5. The van der Waals surface area contributed by atoms with Gasteiger partial charge in [-0.05, 0) is 30.5 Å². The van der Waals surface area contributed by atoms with Crippen LogP contribution in [0.3, 0.4) is 0 Å². The molecule has 1 saturated heterocycles. The van der Waals surface area contributed by atoms with Crippen molar-refractivity contribution in [3.05, 3.63) is 35.4 Å². The molecule has 1 aliphatic rings. The van der Waals surface area contributed by atoms with Crippen molar-refractivity contribution in [3.63, 3.8) is 0 Å². The monoisotopic (exact) mass is 383 g/mol. The number of carbonyl (C=O) groups is 2. The summed E-state index contributed by atoms with van der Waals surface area (Å²) in [4.78, 5) is 26.1. The van der Waals surface area contributed by atoms with Crippen LogP contribution < -0.4 is 0 Å². The highest BCUT2D eigenvalue weighted by Gasteiger charge is 2.34. The molecule has 0 aliphatic carbocycles.